The van der Waals surface area contributed by atoms with Crippen molar-refractivity contribution in [1.82, 2.24) is 19.5 Å². The number of benzene rings is 2. The first-order valence-electron chi connectivity index (χ1n) is 9.23. The minimum Gasteiger partial charge on any atom is -0.510 e. The lowest BCUT2D eigenvalue weighted by Crippen LogP contribution is -2.07. The van der Waals surface area contributed by atoms with E-state index < -0.39 is 5.25 Å². The normalized spacial score (nSPS) is 13.0. The van der Waals surface area contributed by atoms with Crippen LogP contribution >= 0.6 is 11.8 Å². The van der Waals surface area contributed by atoms with E-state index in [1.165, 1.54) is 11.8 Å². The Labute approximate surface area is 177 Å². The van der Waals surface area contributed by atoms with E-state index in [4.69, 9.17) is 4.74 Å². The molecule has 0 saturated carbocycles. The van der Waals surface area contributed by atoms with Gasteiger partial charge in [-0.3, -0.25) is 4.57 Å². The van der Waals surface area contributed by atoms with Crippen LogP contribution < -0.4 is 4.74 Å². The lowest BCUT2D eigenvalue weighted by molar-refractivity contribution is 0.401. The van der Waals surface area contributed by atoms with Crippen molar-refractivity contribution >= 4 is 28.4 Å². The third-order valence-corrected chi connectivity index (χ3v) is 5.69. The number of aromatic nitrogens is 4. The summed E-state index contributed by atoms with van der Waals surface area (Å²) in [6.45, 7) is 1.82. The standard InChI is InChI=1S/C22H19N5O2S/c1-14(20(28)17(13-23)21-25-18-8-3-4-9-19(18)26-21)30-22-24-10-11-27(22)15-6-5-7-16(12-15)29-2/h3-12,14,28H,1-2H3,(H,25,26)/t14-/m0/s1. The van der Waals surface area contributed by atoms with Gasteiger partial charge in [0.05, 0.1) is 29.1 Å². The molecule has 0 fully saturated rings. The molecule has 0 saturated heterocycles. The molecule has 2 heterocycles. The minimum atomic E-state index is -0.417. The van der Waals surface area contributed by atoms with Gasteiger partial charge in [-0.1, -0.05) is 30.0 Å². The maximum absolute atomic E-state index is 10.8. The van der Waals surface area contributed by atoms with E-state index in [1.54, 1.807) is 13.3 Å². The molecule has 150 valence electrons. The monoisotopic (exact) mass is 417 g/mol. The number of nitrogens with one attached hydrogen (secondary N) is 1. The molecule has 0 aliphatic heterocycles. The summed E-state index contributed by atoms with van der Waals surface area (Å²) in [5, 5.41) is 20.8. The number of fused-ring (bicyclic) bond motifs is 1. The molecule has 2 N–H and O–H groups in total. The van der Waals surface area contributed by atoms with Crippen LogP contribution in [0.25, 0.3) is 22.3 Å². The number of nitriles is 1. The summed E-state index contributed by atoms with van der Waals surface area (Å²) in [4.78, 5) is 11.9. The molecule has 7 nitrogen and oxygen atoms in total. The number of ether oxygens (including phenoxy) is 1. The molecule has 0 unspecified atom stereocenters. The van der Waals surface area contributed by atoms with Crippen LogP contribution in [0.3, 0.4) is 0 Å². The molecule has 4 aromatic rings. The van der Waals surface area contributed by atoms with Gasteiger partial charge in [-0.05, 0) is 31.2 Å². The summed E-state index contributed by atoms with van der Waals surface area (Å²) < 4.78 is 7.20. The predicted octanol–water partition coefficient (Wildman–Crippen LogP) is 4.73. The average molecular weight is 417 g/mol. The molecular formula is C22H19N5O2S. The van der Waals surface area contributed by atoms with E-state index in [2.05, 4.69) is 21.0 Å². The Kier molecular flexibility index (Phi) is 5.46. The Morgan fingerprint density at radius 3 is 2.87 bits per heavy atom. The molecule has 0 aliphatic carbocycles. The van der Waals surface area contributed by atoms with Crippen LogP contribution in [0.15, 0.2) is 71.8 Å². The van der Waals surface area contributed by atoms with Crippen LogP contribution in [0, 0.1) is 11.3 Å². The van der Waals surface area contributed by atoms with Gasteiger partial charge in [-0.25, -0.2) is 9.97 Å². The maximum Gasteiger partial charge on any atom is 0.173 e. The Morgan fingerprint density at radius 2 is 2.10 bits per heavy atom. The number of aromatic amines is 1. The van der Waals surface area contributed by atoms with Gasteiger partial charge in [0.1, 0.15) is 23.2 Å². The van der Waals surface area contributed by atoms with Crippen molar-refractivity contribution in [1.29, 1.82) is 5.26 Å². The highest BCUT2D eigenvalue weighted by atomic mass is 32.2. The van der Waals surface area contributed by atoms with Crippen molar-refractivity contribution in [2.24, 2.45) is 0 Å². The first kappa shape index (κ1) is 19.6. The highest BCUT2D eigenvalue weighted by Crippen LogP contribution is 2.31. The summed E-state index contributed by atoms with van der Waals surface area (Å²) in [5.74, 6) is 1.03. The van der Waals surface area contributed by atoms with Crippen molar-refractivity contribution in [2.45, 2.75) is 17.3 Å². The minimum absolute atomic E-state index is 0.0539. The fraction of sp³-hybridized carbons (Fsp3) is 0.136. The number of aliphatic hydroxyl groups excluding tert-OH is 1. The Balaban J connectivity index is 1.64. The first-order valence-corrected chi connectivity index (χ1v) is 10.1. The third-order valence-electron chi connectivity index (χ3n) is 4.60. The average Bonchev–Trinajstić information content (AvgIpc) is 3.41. The van der Waals surface area contributed by atoms with Crippen molar-refractivity contribution in [3.8, 4) is 17.5 Å². The molecular weight excluding hydrogens is 398 g/mol. The third kappa shape index (κ3) is 3.75. The number of rotatable bonds is 6. The number of para-hydroxylation sites is 2. The summed E-state index contributed by atoms with van der Waals surface area (Å²) in [5.41, 5.74) is 2.55. The molecule has 8 heteroatoms. The number of nitrogens with zero attached hydrogens (tertiary/aromatic N) is 4. The lowest BCUT2D eigenvalue weighted by atomic mass is 10.2. The van der Waals surface area contributed by atoms with Crippen LogP contribution in [0.4, 0.5) is 0 Å². The molecule has 0 spiro atoms. The highest BCUT2D eigenvalue weighted by molar-refractivity contribution is 7.99. The Morgan fingerprint density at radius 1 is 1.27 bits per heavy atom. The molecule has 4 rings (SSSR count). The maximum atomic E-state index is 10.8. The van der Waals surface area contributed by atoms with E-state index in [0.717, 1.165) is 22.5 Å². The van der Waals surface area contributed by atoms with Crippen LogP contribution in [0.1, 0.15) is 12.7 Å². The number of allylic oxidation sites excluding steroid dienone is 1. The number of H-pyrrole nitrogens is 1. The fourth-order valence-electron chi connectivity index (χ4n) is 3.05. The number of imidazole rings is 2. The van der Waals surface area contributed by atoms with Gasteiger partial charge in [0.2, 0.25) is 0 Å². The molecule has 30 heavy (non-hydrogen) atoms. The second kappa shape index (κ2) is 8.35. The van der Waals surface area contributed by atoms with E-state index in [9.17, 15) is 10.4 Å². The number of hydrogen-bond acceptors (Lipinski definition) is 6. The SMILES string of the molecule is COc1cccc(-n2ccnc2S[C@@H](C)C(O)=C(C#N)c2nc3ccccc3[nH]2)c1. The number of aliphatic hydroxyl groups is 1. The zero-order valence-electron chi connectivity index (χ0n) is 16.4. The summed E-state index contributed by atoms with van der Waals surface area (Å²) in [7, 11) is 1.62. The zero-order valence-corrected chi connectivity index (χ0v) is 17.2. The Bertz CT molecular complexity index is 1230. The topological polar surface area (TPSA) is 99.8 Å². The second-order valence-electron chi connectivity index (χ2n) is 6.52. The van der Waals surface area contributed by atoms with Gasteiger partial charge in [0.15, 0.2) is 11.0 Å². The van der Waals surface area contributed by atoms with Gasteiger partial charge in [0, 0.05) is 18.5 Å². The van der Waals surface area contributed by atoms with Crippen LogP contribution in [-0.4, -0.2) is 37.0 Å². The van der Waals surface area contributed by atoms with Gasteiger partial charge in [-0.15, -0.1) is 0 Å². The van der Waals surface area contributed by atoms with E-state index in [1.807, 2.05) is 66.2 Å². The van der Waals surface area contributed by atoms with E-state index in [-0.39, 0.29) is 11.3 Å². The molecule has 1 atom stereocenters. The van der Waals surface area contributed by atoms with Crippen molar-refractivity contribution in [2.75, 3.05) is 7.11 Å². The number of hydrogen-bond donors (Lipinski definition) is 2. The lowest BCUT2D eigenvalue weighted by Gasteiger charge is -2.13. The molecule has 0 bridgehead atoms. The molecule has 0 amide bonds. The second-order valence-corrected chi connectivity index (χ2v) is 7.82. The van der Waals surface area contributed by atoms with Crippen LogP contribution in [0.2, 0.25) is 0 Å². The van der Waals surface area contributed by atoms with E-state index in [0.29, 0.717) is 11.0 Å². The first-order chi connectivity index (χ1) is 14.6. The smallest absolute Gasteiger partial charge is 0.173 e. The summed E-state index contributed by atoms with van der Waals surface area (Å²) >= 11 is 1.35. The van der Waals surface area contributed by atoms with Gasteiger partial charge in [0.25, 0.3) is 0 Å². The van der Waals surface area contributed by atoms with Gasteiger partial charge < -0.3 is 14.8 Å². The van der Waals surface area contributed by atoms with Crippen LogP contribution in [0.5, 0.6) is 5.75 Å². The van der Waals surface area contributed by atoms with Gasteiger partial charge >= 0.3 is 0 Å². The molecule has 0 aliphatic rings. The number of thioether (sulfide) groups is 1. The Hall–Kier alpha value is -3.70. The molecule has 0 radical (unpaired) electrons. The zero-order chi connectivity index (χ0) is 21.1. The van der Waals surface area contributed by atoms with E-state index >= 15 is 0 Å². The van der Waals surface area contributed by atoms with Crippen molar-refractivity contribution in [3.63, 3.8) is 0 Å². The van der Waals surface area contributed by atoms with Crippen molar-refractivity contribution < 1.29 is 9.84 Å². The van der Waals surface area contributed by atoms with Gasteiger partial charge in [-0.2, -0.15) is 5.26 Å². The largest absolute Gasteiger partial charge is 0.510 e. The quantitative estimate of drug-likeness (QED) is 0.267. The molecule has 2 aromatic carbocycles. The van der Waals surface area contributed by atoms with Crippen molar-refractivity contribution in [3.05, 3.63) is 72.5 Å². The predicted molar refractivity (Wildman–Crippen MR) is 117 cm³/mol. The summed E-state index contributed by atoms with van der Waals surface area (Å²) in [6.07, 6.45) is 3.54. The summed E-state index contributed by atoms with van der Waals surface area (Å²) in [6, 6.07) is 17.2. The fourth-order valence-corrected chi connectivity index (χ4v) is 4.00. The molecule has 2 aromatic heterocycles. The highest BCUT2D eigenvalue weighted by Gasteiger charge is 2.21. The van der Waals surface area contributed by atoms with Crippen LogP contribution in [-0.2, 0) is 0 Å². The number of methoxy groups -OCH3 is 1.